The predicted octanol–water partition coefficient (Wildman–Crippen LogP) is 6.37. The minimum atomic E-state index is -1.59. The van der Waals surface area contributed by atoms with Crippen LogP contribution in [0.5, 0.6) is 0 Å². The van der Waals surface area contributed by atoms with Gasteiger partial charge in [0.05, 0.1) is 21.2 Å². The number of aromatic carboxylic acids is 2. The number of hydrogen-bond acceptors (Lipinski definition) is 10. The van der Waals surface area contributed by atoms with Gasteiger partial charge in [0.1, 0.15) is 11.4 Å². The number of ketones is 2. The number of carbonyl (C=O) groups excluding carboxylic acids is 4. The van der Waals surface area contributed by atoms with Crippen LogP contribution >= 0.6 is 23.2 Å². The normalized spacial score (nSPS) is 12.5. The Morgan fingerprint density at radius 2 is 0.978 bits per heavy atom. The molecule has 0 aliphatic heterocycles. The molecule has 14 nitrogen and oxygen atoms in total. The van der Waals surface area contributed by atoms with Crippen molar-refractivity contribution in [3.8, 4) is 0 Å². The Morgan fingerprint density at radius 3 is 1.28 bits per heavy atom. The number of anilines is 2. The van der Waals surface area contributed by atoms with Crippen LogP contribution in [0.2, 0.25) is 10.0 Å². The van der Waals surface area contributed by atoms with E-state index in [1.807, 2.05) is 0 Å². The van der Waals surface area contributed by atoms with E-state index in [1.165, 1.54) is 36.4 Å². The maximum Gasteiger partial charge on any atom is 0.335 e. The molecule has 0 aliphatic rings. The number of carbonyl (C=O) groups is 6. The molecule has 0 saturated carbocycles. The fourth-order valence-electron chi connectivity index (χ4n) is 3.81. The smallest absolute Gasteiger partial charge is 0.335 e. The van der Waals surface area contributed by atoms with Gasteiger partial charge in [-0.15, -0.1) is 0 Å². The number of amides is 2. The summed E-state index contributed by atoms with van der Waals surface area (Å²) in [6.45, 7) is 5.50. The van der Waals surface area contributed by atoms with Crippen molar-refractivity contribution < 1.29 is 39.0 Å². The summed E-state index contributed by atoms with van der Waals surface area (Å²) in [5, 5.41) is 38.9. The molecule has 2 atom stereocenters. The molecule has 3 aromatic rings. The number of aryl methyl sites for hydroxylation is 2. The summed E-state index contributed by atoms with van der Waals surface area (Å²) in [7, 11) is 0. The summed E-state index contributed by atoms with van der Waals surface area (Å²) >= 11 is 12.1. The zero-order valence-electron chi connectivity index (χ0n) is 24.7. The van der Waals surface area contributed by atoms with E-state index >= 15 is 0 Å². The molecule has 0 radical (unpaired) electrons. The van der Waals surface area contributed by atoms with Crippen LogP contribution in [0.1, 0.15) is 45.7 Å². The molecule has 4 N–H and O–H groups in total. The predicted molar refractivity (Wildman–Crippen MR) is 168 cm³/mol. The zero-order chi connectivity index (χ0) is 34.3. The first kappa shape index (κ1) is 35.1. The van der Waals surface area contributed by atoms with Gasteiger partial charge in [-0.05, 0) is 87.4 Å². The largest absolute Gasteiger partial charge is 0.478 e. The SMILES string of the molecule is CC(=O)C(N=Nc1cc(C(=O)O)ccc1Cl)C(=O)Nc1cc(C)c(NC(=O)C(N=Nc2cc(C(=O)O)ccc2Cl)C(C)=O)cc1C. The van der Waals surface area contributed by atoms with Gasteiger partial charge in [0.2, 0.25) is 12.1 Å². The average Bonchev–Trinajstić information content (AvgIpc) is 2.97. The highest BCUT2D eigenvalue weighted by Crippen LogP contribution is 2.29. The van der Waals surface area contributed by atoms with E-state index in [-0.39, 0.29) is 43.9 Å². The molecular weight excluding hydrogens is 643 g/mol. The molecule has 0 fully saturated rings. The van der Waals surface area contributed by atoms with Gasteiger partial charge in [0.15, 0.2) is 11.6 Å². The number of Topliss-reactive ketones (excluding diaryl/α,β-unsaturated/α-hetero) is 2. The van der Waals surface area contributed by atoms with Gasteiger partial charge in [0.25, 0.3) is 11.8 Å². The number of nitrogens with one attached hydrogen (secondary N) is 2. The first-order valence-electron chi connectivity index (χ1n) is 13.2. The Balaban J connectivity index is 1.79. The van der Waals surface area contributed by atoms with Gasteiger partial charge in [0, 0.05) is 11.4 Å². The molecular formula is C30H26Cl2N6O8. The number of azo groups is 2. The van der Waals surface area contributed by atoms with E-state index in [1.54, 1.807) is 13.8 Å². The van der Waals surface area contributed by atoms with Crippen molar-refractivity contribution in [3.05, 3.63) is 80.8 Å². The third-order valence-electron chi connectivity index (χ3n) is 6.30. The van der Waals surface area contributed by atoms with Gasteiger partial charge < -0.3 is 20.8 Å². The molecule has 46 heavy (non-hydrogen) atoms. The third kappa shape index (κ3) is 8.86. The standard InChI is InChI=1S/C30H26Cl2N6O8/c1-13-9-22(34-28(42)26(16(4)40)38-36-24-12-18(30(45)46)6-8-20(24)32)14(2)10-21(13)33-27(41)25(15(3)39)37-35-23-11-17(29(43)44)5-7-19(23)31/h5-12,25-26H,1-4H3,(H,33,41)(H,34,42)(H,43,44)(H,45,46). The summed E-state index contributed by atoms with van der Waals surface area (Å²) < 4.78 is 0. The second-order valence-corrected chi connectivity index (χ2v) is 10.7. The number of nitrogens with zero attached hydrogens (tertiary/aromatic N) is 4. The van der Waals surface area contributed by atoms with Crippen LogP contribution in [0.15, 0.2) is 69.0 Å². The molecule has 0 spiro atoms. The minimum absolute atomic E-state index is 0.0481. The number of halogens is 2. The van der Waals surface area contributed by atoms with Crippen LogP contribution in [-0.4, -0.2) is 57.6 Å². The summed E-state index contributed by atoms with van der Waals surface area (Å²) in [5.41, 5.74) is 1.15. The van der Waals surface area contributed by atoms with Crippen LogP contribution < -0.4 is 10.6 Å². The van der Waals surface area contributed by atoms with Crippen molar-refractivity contribution in [1.29, 1.82) is 0 Å². The van der Waals surface area contributed by atoms with Crippen LogP contribution in [0.25, 0.3) is 0 Å². The Labute approximate surface area is 271 Å². The number of benzene rings is 3. The quantitative estimate of drug-likeness (QED) is 0.125. The molecule has 3 rings (SSSR count). The Bertz CT molecular complexity index is 1690. The van der Waals surface area contributed by atoms with Gasteiger partial charge >= 0.3 is 11.9 Å². The molecule has 0 heterocycles. The third-order valence-corrected chi connectivity index (χ3v) is 6.94. The van der Waals surface area contributed by atoms with E-state index in [2.05, 4.69) is 31.1 Å². The van der Waals surface area contributed by atoms with Crippen molar-refractivity contribution in [2.24, 2.45) is 20.5 Å². The number of hydrogen-bond donors (Lipinski definition) is 4. The first-order valence-corrected chi connectivity index (χ1v) is 14.0. The molecule has 16 heteroatoms. The topological polar surface area (TPSA) is 216 Å². The lowest BCUT2D eigenvalue weighted by Crippen LogP contribution is -2.32. The first-order chi connectivity index (χ1) is 21.6. The van der Waals surface area contributed by atoms with Crippen LogP contribution in [0, 0.1) is 13.8 Å². The van der Waals surface area contributed by atoms with Crippen LogP contribution in [-0.2, 0) is 19.2 Å². The van der Waals surface area contributed by atoms with Gasteiger partial charge in [-0.1, -0.05) is 23.2 Å². The van der Waals surface area contributed by atoms with Crippen molar-refractivity contribution in [2.45, 2.75) is 39.8 Å². The van der Waals surface area contributed by atoms with Crippen molar-refractivity contribution in [3.63, 3.8) is 0 Å². The molecule has 3 aromatic carbocycles. The summed E-state index contributed by atoms with van der Waals surface area (Å²) in [6.07, 6.45) is 0. The van der Waals surface area contributed by atoms with E-state index in [0.29, 0.717) is 11.1 Å². The minimum Gasteiger partial charge on any atom is -0.478 e. The van der Waals surface area contributed by atoms with Crippen LogP contribution in [0.4, 0.5) is 22.7 Å². The Morgan fingerprint density at radius 1 is 0.630 bits per heavy atom. The molecule has 0 aromatic heterocycles. The summed E-state index contributed by atoms with van der Waals surface area (Å²) in [5.74, 6) is -5.41. The molecule has 0 saturated heterocycles. The van der Waals surface area contributed by atoms with E-state index in [4.69, 9.17) is 23.2 Å². The van der Waals surface area contributed by atoms with E-state index in [9.17, 15) is 39.0 Å². The average molecular weight is 669 g/mol. The lowest BCUT2D eigenvalue weighted by molar-refractivity contribution is -0.127. The van der Waals surface area contributed by atoms with Crippen molar-refractivity contribution in [1.82, 2.24) is 0 Å². The molecule has 2 unspecified atom stereocenters. The van der Waals surface area contributed by atoms with Gasteiger partial charge in [-0.3, -0.25) is 19.2 Å². The van der Waals surface area contributed by atoms with E-state index in [0.717, 1.165) is 26.0 Å². The highest BCUT2D eigenvalue weighted by molar-refractivity contribution is 6.33. The highest BCUT2D eigenvalue weighted by Gasteiger charge is 2.26. The zero-order valence-corrected chi connectivity index (χ0v) is 26.2. The summed E-state index contributed by atoms with van der Waals surface area (Å²) in [4.78, 5) is 73.0. The van der Waals surface area contributed by atoms with E-state index < -0.39 is 47.4 Å². The van der Waals surface area contributed by atoms with Gasteiger partial charge in [-0.25, -0.2) is 9.59 Å². The van der Waals surface area contributed by atoms with Crippen LogP contribution in [0.3, 0.4) is 0 Å². The van der Waals surface area contributed by atoms with Crippen molar-refractivity contribution in [2.75, 3.05) is 10.6 Å². The summed E-state index contributed by atoms with van der Waals surface area (Å²) in [6, 6.07) is 7.28. The van der Waals surface area contributed by atoms with Gasteiger partial charge in [-0.2, -0.15) is 20.5 Å². The lowest BCUT2D eigenvalue weighted by Gasteiger charge is -2.16. The molecule has 0 bridgehead atoms. The maximum atomic E-state index is 13.0. The lowest BCUT2D eigenvalue weighted by atomic mass is 10.1. The number of carboxylic acid groups (broad SMARTS) is 2. The molecule has 0 aliphatic carbocycles. The monoisotopic (exact) mass is 668 g/mol. The Kier molecular flexibility index (Phi) is 11.5. The maximum absolute atomic E-state index is 13.0. The Hall–Kier alpha value is -5.34. The second-order valence-electron chi connectivity index (χ2n) is 9.86. The highest BCUT2D eigenvalue weighted by atomic mass is 35.5. The molecule has 2 amide bonds. The fourth-order valence-corrected chi connectivity index (χ4v) is 4.12. The molecule has 238 valence electrons. The van der Waals surface area contributed by atoms with Crippen molar-refractivity contribution >= 4 is 81.3 Å². The number of carboxylic acids is 2. The number of rotatable bonds is 12. The fraction of sp³-hybridized carbons (Fsp3) is 0.200. The second kappa shape index (κ2) is 15.1.